The van der Waals surface area contributed by atoms with Crippen LogP contribution in [0.3, 0.4) is 0 Å². The molecule has 0 radical (unpaired) electrons. The van der Waals surface area contributed by atoms with Crippen molar-refractivity contribution in [1.82, 2.24) is 15.4 Å². The first-order valence-corrected chi connectivity index (χ1v) is 7.77. The Morgan fingerprint density at radius 2 is 2.22 bits per heavy atom. The summed E-state index contributed by atoms with van der Waals surface area (Å²) in [4.78, 5) is 30.4. The number of amides is 2. The summed E-state index contributed by atoms with van der Waals surface area (Å²) in [5, 5.41) is 3.61. The Balaban J connectivity index is 2.24. The number of ether oxygens (including phenoxy) is 1. The van der Waals surface area contributed by atoms with Crippen molar-refractivity contribution in [1.29, 1.82) is 0 Å². The van der Waals surface area contributed by atoms with Crippen molar-refractivity contribution in [3.63, 3.8) is 0 Å². The second kappa shape index (κ2) is 7.63. The van der Waals surface area contributed by atoms with Crippen molar-refractivity contribution >= 4 is 40.5 Å². The maximum Gasteiger partial charge on any atom is 0.332 e. The van der Waals surface area contributed by atoms with Gasteiger partial charge in [-0.2, -0.15) is 5.10 Å². The standard InChI is InChI=1S/C14H17N5O3S/c1-3-22-12(20)11(8(2)18-19-13(15)21)23-14-16-9-6-4-5-7-10(9)17-14/h4-7,11H,3H2,1-2H3,(H,16,17)(H3,15,19,21)/b18-8+. The normalized spacial score (nSPS) is 12.9. The van der Waals surface area contributed by atoms with Gasteiger partial charge in [-0.05, 0) is 26.0 Å². The lowest BCUT2D eigenvalue weighted by Crippen LogP contribution is -2.32. The van der Waals surface area contributed by atoms with Crippen molar-refractivity contribution in [2.45, 2.75) is 24.3 Å². The number of nitrogens with two attached hydrogens (primary N) is 1. The van der Waals surface area contributed by atoms with Gasteiger partial charge in [-0.15, -0.1) is 0 Å². The highest BCUT2D eigenvalue weighted by Crippen LogP contribution is 2.25. The zero-order valence-electron chi connectivity index (χ0n) is 12.7. The molecule has 9 heteroatoms. The Morgan fingerprint density at radius 1 is 1.48 bits per heavy atom. The fraction of sp³-hybridized carbons (Fsp3) is 0.286. The molecule has 1 aromatic heterocycles. The summed E-state index contributed by atoms with van der Waals surface area (Å²) in [6, 6.07) is 6.72. The third kappa shape index (κ3) is 4.46. The van der Waals surface area contributed by atoms with Crippen LogP contribution in [0, 0.1) is 0 Å². The topological polar surface area (TPSA) is 122 Å². The van der Waals surface area contributed by atoms with Crippen LogP contribution < -0.4 is 11.2 Å². The van der Waals surface area contributed by atoms with Gasteiger partial charge in [-0.25, -0.2) is 15.2 Å². The Morgan fingerprint density at radius 3 is 2.87 bits per heavy atom. The number of hydrogen-bond donors (Lipinski definition) is 3. The molecule has 0 aliphatic carbocycles. The molecule has 1 heterocycles. The van der Waals surface area contributed by atoms with Gasteiger partial charge in [0.2, 0.25) is 0 Å². The Hall–Kier alpha value is -2.55. The Kier molecular flexibility index (Phi) is 5.58. The average Bonchev–Trinajstić information content (AvgIpc) is 2.93. The van der Waals surface area contributed by atoms with E-state index in [1.54, 1.807) is 13.8 Å². The molecular formula is C14H17N5O3S. The van der Waals surface area contributed by atoms with Gasteiger partial charge in [-0.3, -0.25) is 4.79 Å². The number of imidazole rings is 1. The van der Waals surface area contributed by atoms with E-state index in [1.165, 1.54) is 0 Å². The fourth-order valence-electron chi connectivity index (χ4n) is 1.82. The highest BCUT2D eigenvalue weighted by Gasteiger charge is 2.26. The molecule has 2 amide bonds. The lowest BCUT2D eigenvalue weighted by atomic mass is 10.3. The lowest BCUT2D eigenvalue weighted by Gasteiger charge is -2.13. The van der Waals surface area contributed by atoms with Gasteiger partial charge < -0.3 is 15.5 Å². The summed E-state index contributed by atoms with van der Waals surface area (Å²) < 4.78 is 5.05. The number of carbonyl (C=O) groups excluding carboxylic acids is 2. The van der Waals surface area contributed by atoms with Crippen molar-refractivity contribution in [3.05, 3.63) is 24.3 Å². The summed E-state index contributed by atoms with van der Waals surface area (Å²) in [6.07, 6.45) is 0. The van der Waals surface area contributed by atoms with Crippen molar-refractivity contribution in [3.8, 4) is 0 Å². The molecule has 0 saturated carbocycles. The monoisotopic (exact) mass is 335 g/mol. The fourth-order valence-corrected chi connectivity index (χ4v) is 2.75. The van der Waals surface area contributed by atoms with Gasteiger partial charge in [0.1, 0.15) is 5.25 Å². The highest BCUT2D eigenvalue weighted by atomic mass is 32.2. The maximum atomic E-state index is 12.1. The molecule has 1 aromatic carbocycles. The van der Waals surface area contributed by atoms with E-state index in [0.29, 0.717) is 10.9 Å². The van der Waals surface area contributed by atoms with Crippen LogP contribution in [-0.2, 0) is 9.53 Å². The van der Waals surface area contributed by atoms with Crippen LogP contribution in [-0.4, -0.2) is 39.5 Å². The number of nitrogens with zero attached hydrogens (tertiary/aromatic N) is 2. The van der Waals surface area contributed by atoms with Gasteiger partial charge in [-0.1, -0.05) is 23.9 Å². The molecule has 23 heavy (non-hydrogen) atoms. The van der Waals surface area contributed by atoms with E-state index in [4.69, 9.17) is 10.5 Å². The van der Waals surface area contributed by atoms with Gasteiger partial charge in [0.25, 0.3) is 0 Å². The minimum atomic E-state index is -0.805. The number of urea groups is 1. The number of primary amides is 1. The molecule has 0 bridgehead atoms. The van der Waals surface area contributed by atoms with Gasteiger partial charge >= 0.3 is 12.0 Å². The summed E-state index contributed by atoms with van der Waals surface area (Å²) in [5.74, 6) is -0.467. The number of hydrazone groups is 1. The number of aromatic amines is 1. The zero-order chi connectivity index (χ0) is 16.8. The molecule has 0 fully saturated rings. The molecule has 0 aliphatic rings. The molecule has 2 rings (SSSR count). The molecule has 4 N–H and O–H groups in total. The summed E-state index contributed by atoms with van der Waals surface area (Å²) in [5.41, 5.74) is 9.10. The average molecular weight is 335 g/mol. The van der Waals surface area contributed by atoms with Crippen LogP contribution in [0.5, 0.6) is 0 Å². The summed E-state index contributed by atoms with van der Waals surface area (Å²) in [7, 11) is 0. The number of carbonyl (C=O) groups is 2. The first kappa shape index (κ1) is 16.8. The van der Waals surface area contributed by atoms with Crippen molar-refractivity contribution in [2.75, 3.05) is 6.61 Å². The van der Waals surface area contributed by atoms with Crippen LogP contribution in [0.1, 0.15) is 13.8 Å². The van der Waals surface area contributed by atoms with E-state index >= 15 is 0 Å². The predicted octanol–water partition coefficient (Wildman–Crippen LogP) is 1.63. The van der Waals surface area contributed by atoms with E-state index in [1.807, 2.05) is 24.3 Å². The number of esters is 1. The van der Waals surface area contributed by atoms with Crippen molar-refractivity contribution < 1.29 is 14.3 Å². The first-order chi connectivity index (χ1) is 11.0. The van der Waals surface area contributed by atoms with E-state index in [-0.39, 0.29) is 6.61 Å². The number of para-hydroxylation sites is 2. The number of thioether (sulfide) groups is 1. The molecule has 122 valence electrons. The number of rotatable bonds is 6. The van der Waals surface area contributed by atoms with Crippen LogP contribution >= 0.6 is 11.8 Å². The third-order valence-corrected chi connectivity index (χ3v) is 4.01. The molecule has 2 aromatic rings. The highest BCUT2D eigenvalue weighted by molar-refractivity contribution is 8.01. The van der Waals surface area contributed by atoms with Crippen LogP contribution in [0.2, 0.25) is 0 Å². The van der Waals surface area contributed by atoms with E-state index in [0.717, 1.165) is 22.8 Å². The first-order valence-electron chi connectivity index (χ1n) is 6.89. The number of nitrogens with one attached hydrogen (secondary N) is 2. The molecule has 1 atom stereocenters. The van der Waals surface area contributed by atoms with E-state index < -0.39 is 17.3 Å². The van der Waals surface area contributed by atoms with Gasteiger partial charge in [0.05, 0.1) is 23.4 Å². The molecule has 8 nitrogen and oxygen atoms in total. The predicted molar refractivity (Wildman–Crippen MR) is 88.2 cm³/mol. The van der Waals surface area contributed by atoms with Crippen LogP contribution in [0.25, 0.3) is 11.0 Å². The second-order valence-electron chi connectivity index (χ2n) is 4.54. The number of H-pyrrole nitrogens is 1. The SMILES string of the molecule is CCOC(=O)C(Sc1nc2ccccc2[nH]1)/C(C)=N/NC(N)=O. The Bertz CT molecular complexity index is 710. The number of fused-ring (bicyclic) bond motifs is 1. The number of benzene rings is 1. The Labute approximate surface area is 136 Å². The number of aromatic nitrogens is 2. The zero-order valence-corrected chi connectivity index (χ0v) is 13.5. The molecule has 0 aliphatic heterocycles. The largest absolute Gasteiger partial charge is 0.465 e. The minimum Gasteiger partial charge on any atom is -0.465 e. The van der Waals surface area contributed by atoms with Crippen LogP contribution in [0.15, 0.2) is 34.5 Å². The molecule has 0 saturated heterocycles. The van der Waals surface area contributed by atoms with Gasteiger partial charge in [0, 0.05) is 0 Å². The number of hydrogen-bond acceptors (Lipinski definition) is 6. The van der Waals surface area contributed by atoms with Crippen LogP contribution in [0.4, 0.5) is 4.79 Å². The summed E-state index contributed by atoms with van der Waals surface area (Å²) in [6.45, 7) is 3.56. The molecule has 1 unspecified atom stereocenters. The van der Waals surface area contributed by atoms with E-state index in [2.05, 4.69) is 20.5 Å². The third-order valence-electron chi connectivity index (χ3n) is 2.82. The summed E-state index contributed by atoms with van der Waals surface area (Å²) >= 11 is 1.16. The second-order valence-corrected chi connectivity index (χ2v) is 5.63. The molecule has 0 spiro atoms. The smallest absolute Gasteiger partial charge is 0.332 e. The maximum absolute atomic E-state index is 12.1. The lowest BCUT2D eigenvalue weighted by molar-refractivity contribution is -0.141. The minimum absolute atomic E-state index is 0.243. The van der Waals surface area contributed by atoms with E-state index in [9.17, 15) is 9.59 Å². The van der Waals surface area contributed by atoms with Crippen molar-refractivity contribution in [2.24, 2.45) is 10.8 Å². The van der Waals surface area contributed by atoms with Gasteiger partial charge in [0.15, 0.2) is 5.16 Å². The molecular weight excluding hydrogens is 318 g/mol. The quantitative estimate of drug-likeness (QED) is 0.320.